The summed E-state index contributed by atoms with van der Waals surface area (Å²) in [5, 5.41) is 12.0. The van der Waals surface area contributed by atoms with Crippen LogP contribution in [0.5, 0.6) is 0 Å². The third-order valence-electron chi connectivity index (χ3n) is 5.39. The van der Waals surface area contributed by atoms with Crippen molar-refractivity contribution in [3.8, 4) is 0 Å². The van der Waals surface area contributed by atoms with Crippen LogP contribution in [0.25, 0.3) is 0 Å². The van der Waals surface area contributed by atoms with Crippen molar-refractivity contribution in [1.82, 2.24) is 10.2 Å². The molecule has 22 heavy (non-hydrogen) atoms. The van der Waals surface area contributed by atoms with Crippen molar-refractivity contribution in [2.75, 3.05) is 0 Å². The number of rotatable bonds is 2. The van der Waals surface area contributed by atoms with E-state index in [0.29, 0.717) is 25.7 Å². The van der Waals surface area contributed by atoms with Gasteiger partial charge in [0.25, 0.3) is 0 Å². The van der Waals surface area contributed by atoms with Crippen molar-refractivity contribution >= 4 is 17.8 Å². The van der Waals surface area contributed by atoms with Crippen LogP contribution in [-0.4, -0.2) is 40.0 Å². The van der Waals surface area contributed by atoms with Crippen LogP contribution < -0.4 is 5.32 Å². The Kier molecular flexibility index (Phi) is 4.47. The van der Waals surface area contributed by atoms with Crippen molar-refractivity contribution < 1.29 is 19.5 Å². The standard InChI is InChI=1S/C16H24N2O4/c19-12-8-6-11(7-9-12)18-15(21)13(14(20)17-16(18)22)10-4-2-1-3-5-10/h10-13,19H,1-9H2,(H,17,20,22). The molecule has 2 aliphatic carbocycles. The molecule has 6 nitrogen and oxygen atoms in total. The first-order valence-electron chi connectivity index (χ1n) is 8.44. The minimum absolute atomic E-state index is 0.0611. The van der Waals surface area contributed by atoms with E-state index in [1.807, 2.05) is 0 Å². The van der Waals surface area contributed by atoms with Gasteiger partial charge in [-0.1, -0.05) is 19.3 Å². The molecule has 2 N–H and O–H groups in total. The lowest BCUT2D eigenvalue weighted by molar-refractivity contribution is -0.147. The van der Waals surface area contributed by atoms with Crippen molar-refractivity contribution in [1.29, 1.82) is 0 Å². The topological polar surface area (TPSA) is 86.7 Å². The lowest BCUT2D eigenvalue weighted by Gasteiger charge is -2.40. The number of urea groups is 1. The predicted octanol–water partition coefficient (Wildman–Crippen LogP) is 1.56. The predicted molar refractivity (Wildman–Crippen MR) is 78.7 cm³/mol. The highest BCUT2D eigenvalue weighted by molar-refractivity contribution is 6.16. The molecule has 1 saturated heterocycles. The van der Waals surface area contributed by atoms with Gasteiger partial charge in [-0.25, -0.2) is 4.79 Å². The van der Waals surface area contributed by atoms with Gasteiger partial charge >= 0.3 is 6.03 Å². The first kappa shape index (κ1) is 15.5. The summed E-state index contributed by atoms with van der Waals surface area (Å²) in [5.41, 5.74) is 0. The minimum atomic E-state index is -0.704. The summed E-state index contributed by atoms with van der Waals surface area (Å²) in [4.78, 5) is 38.4. The number of aliphatic hydroxyl groups excluding tert-OH is 1. The van der Waals surface area contributed by atoms with Crippen molar-refractivity contribution in [2.24, 2.45) is 11.8 Å². The minimum Gasteiger partial charge on any atom is -0.393 e. The highest BCUT2D eigenvalue weighted by atomic mass is 16.3. The molecule has 3 rings (SSSR count). The van der Waals surface area contributed by atoms with Crippen LogP contribution in [0.3, 0.4) is 0 Å². The molecular formula is C16H24N2O4. The Bertz CT molecular complexity index is 465. The number of hydrogen-bond acceptors (Lipinski definition) is 4. The monoisotopic (exact) mass is 308 g/mol. The number of amides is 4. The maximum absolute atomic E-state index is 12.8. The van der Waals surface area contributed by atoms with Crippen molar-refractivity contribution in [3.63, 3.8) is 0 Å². The average molecular weight is 308 g/mol. The summed E-state index contributed by atoms with van der Waals surface area (Å²) in [6, 6.07) is -0.765. The number of carbonyl (C=O) groups excluding carboxylic acids is 3. The maximum atomic E-state index is 12.8. The molecule has 0 spiro atoms. The van der Waals surface area contributed by atoms with Gasteiger partial charge in [0.2, 0.25) is 11.8 Å². The van der Waals surface area contributed by atoms with Crippen molar-refractivity contribution in [2.45, 2.75) is 69.9 Å². The Morgan fingerprint density at radius 2 is 1.55 bits per heavy atom. The van der Waals surface area contributed by atoms with Crippen LogP contribution in [0, 0.1) is 11.8 Å². The lowest BCUT2D eigenvalue weighted by Crippen LogP contribution is -2.62. The van der Waals surface area contributed by atoms with Gasteiger partial charge in [0, 0.05) is 6.04 Å². The van der Waals surface area contributed by atoms with E-state index in [2.05, 4.69) is 5.32 Å². The number of hydrogen-bond donors (Lipinski definition) is 2. The molecule has 3 fully saturated rings. The highest BCUT2D eigenvalue weighted by Gasteiger charge is 2.47. The third kappa shape index (κ3) is 2.89. The molecule has 0 aromatic carbocycles. The van der Waals surface area contributed by atoms with Gasteiger partial charge in [0.05, 0.1) is 6.10 Å². The van der Waals surface area contributed by atoms with Crippen molar-refractivity contribution in [3.05, 3.63) is 0 Å². The molecule has 1 aliphatic heterocycles. The quantitative estimate of drug-likeness (QED) is 0.758. The first-order chi connectivity index (χ1) is 10.6. The van der Waals surface area contributed by atoms with Gasteiger partial charge in [0.1, 0.15) is 5.92 Å². The van der Waals surface area contributed by atoms with Crippen LogP contribution in [0.4, 0.5) is 4.79 Å². The first-order valence-corrected chi connectivity index (χ1v) is 8.44. The van der Waals surface area contributed by atoms with E-state index < -0.39 is 17.9 Å². The zero-order chi connectivity index (χ0) is 15.7. The Hall–Kier alpha value is -1.43. The second-order valence-electron chi connectivity index (χ2n) is 6.84. The fourth-order valence-corrected chi connectivity index (χ4v) is 4.15. The normalized spacial score (nSPS) is 34.7. The molecule has 0 bridgehead atoms. The second kappa shape index (κ2) is 6.36. The molecular weight excluding hydrogens is 284 g/mol. The summed E-state index contributed by atoms with van der Waals surface area (Å²) in [6.07, 6.45) is 7.11. The molecule has 1 unspecified atom stereocenters. The Morgan fingerprint density at radius 3 is 2.18 bits per heavy atom. The third-order valence-corrected chi connectivity index (χ3v) is 5.39. The van der Waals surface area contributed by atoms with E-state index in [0.717, 1.165) is 32.1 Å². The number of aliphatic hydroxyl groups is 1. The van der Waals surface area contributed by atoms with E-state index >= 15 is 0 Å². The van der Waals surface area contributed by atoms with Gasteiger partial charge in [-0.3, -0.25) is 19.8 Å². The largest absolute Gasteiger partial charge is 0.393 e. The molecule has 2 saturated carbocycles. The van der Waals surface area contributed by atoms with E-state index in [4.69, 9.17) is 0 Å². The highest BCUT2D eigenvalue weighted by Crippen LogP contribution is 2.34. The molecule has 0 aromatic rings. The molecule has 0 radical (unpaired) electrons. The summed E-state index contributed by atoms with van der Waals surface area (Å²) < 4.78 is 0. The smallest absolute Gasteiger partial charge is 0.331 e. The SMILES string of the molecule is O=C1NC(=O)N(C2CCC(O)CC2)C(=O)C1C1CCCCC1. The summed E-state index contributed by atoms with van der Waals surface area (Å²) in [7, 11) is 0. The number of imide groups is 2. The summed E-state index contributed by atoms with van der Waals surface area (Å²) in [6.45, 7) is 0. The number of nitrogens with one attached hydrogen (secondary N) is 1. The molecule has 1 atom stereocenters. The molecule has 3 aliphatic rings. The number of carbonyl (C=O) groups is 3. The van der Waals surface area contributed by atoms with Gasteiger partial charge < -0.3 is 5.11 Å². The van der Waals surface area contributed by atoms with E-state index in [-0.39, 0.29) is 24.0 Å². The zero-order valence-corrected chi connectivity index (χ0v) is 12.8. The Balaban J connectivity index is 1.76. The molecule has 122 valence electrons. The van der Waals surface area contributed by atoms with Gasteiger partial charge in [-0.2, -0.15) is 0 Å². The van der Waals surface area contributed by atoms with Gasteiger partial charge in [-0.15, -0.1) is 0 Å². The van der Waals surface area contributed by atoms with Crippen LogP contribution in [0.15, 0.2) is 0 Å². The molecule has 4 amide bonds. The lowest BCUT2D eigenvalue weighted by atomic mass is 9.77. The van der Waals surface area contributed by atoms with E-state index in [1.165, 1.54) is 4.90 Å². The van der Waals surface area contributed by atoms with E-state index in [9.17, 15) is 19.5 Å². The Morgan fingerprint density at radius 1 is 0.909 bits per heavy atom. The average Bonchev–Trinajstić information content (AvgIpc) is 2.50. The van der Waals surface area contributed by atoms with Gasteiger partial charge in [-0.05, 0) is 44.4 Å². The summed E-state index contributed by atoms with van der Waals surface area (Å²) in [5.74, 6) is -1.38. The number of nitrogens with zero attached hydrogens (tertiary/aromatic N) is 1. The second-order valence-corrected chi connectivity index (χ2v) is 6.84. The van der Waals surface area contributed by atoms with E-state index in [1.54, 1.807) is 0 Å². The van der Waals surface area contributed by atoms with Crippen LogP contribution in [-0.2, 0) is 9.59 Å². The zero-order valence-electron chi connectivity index (χ0n) is 12.8. The maximum Gasteiger partial charge on any atom is 0.331 e. The van der Waals surface area contributed by atoms with Gasteiger partial charge in [0.15, 0.2) is 0 Å². The van der Waals surface area contributed by atoms with Crippen LogP contribution in [0.2, 0.25) is 0 Å². The fraction of sp³-hybridized carbons (Fsp3) is 0.812. The van der Waals surface area contributed by atoms with Crippen LogP contribution in [0.1, 0.15) is 57.8 Å². The van der Waals surface area contributed by atoms with Crippen LogP contribution >= 0.6 is 0 Å². The number of barbiturate groups is 1. The molecule has 1 heterocycles. The molecule has 0 aromatic heterocycles. The fourth-order valence-electron chi connectivity index (χ4n) is 4.15. The summed E-state index contributed by atoms with van der Waals surface area (Å²) >= 11 is 0. The Labute approximate surface area is 130 Å². The molecule has 6 heteroatoms.